The Bertz CT molecular complexity index is 663. The maximum Gasteiger partial charge on any atom is 0.263 e. The van der Waals surface area contributed by atoms with Gasteiger partial charge in [-0.25, -0.2) is 8.42 Å². The molecule has 1 aromatic carbocycles. The smallest absolute Gasteiger partial charge is 0.263 e. The molecule has 20 heavy (non-hydrogen) atoms. The second kappa shape index (κ2) is 6.34. The van der Waals surface area contributed by atoms with E-state index in [1.807, 2.05) is 18.4 Å². The molecule has 0 aliphatic rings. The highest BCUT2D eigenvalue weighted by Crippen LogP contribution is 2.20. The van der Waals surface area contributed by atoms with E-state index in [1.165, 1.54) is 6.20 Å². The van der Waals surface area contributed by atoms with Gasteiger partial charge in [0.05, 0.1) is 0 Å². The average molecular weight is 311 g/mol. The van der Waals surface area contributed by atoms with Crippen molar-refractivity contribution in [2.24, 2.45) is 0 Å². The van der Waals surface area contributed by atoms with Crippen LogP contribution in [0.25, 0.3) is 0 Å². The maximum absolute atomic E-state index is 12.2. The number of sulfonamides is 1. The Morgan fingerprint density at radius 2 is 1.95 bits per heavy atom. The van der Waals surface area contributed by atoms with E-state index in [0.717, 1.165) is 10.6 Å². The first-order valence-corrected chi connectivity index (χ1v) is 8.75. The molecular weight excluding hydrogens is 294 g/mol. The number of nitrogens with one attached hydrogen (secondary N) is 3. The van der Waals surface area contributed by atoms with Crippen molar-refractivity contribution in [1.29, 1.82) is 0 Å². The van der Waals surface area contributed by atoms with Gasteiger partial charge in [-0.2, -0.15) is 0 Å². The molecular formula is C13H17N3O2S2. The summed E-state index contributed by atoms with van der Waals surface area (Å²) < 4.78 is 27.0. The predicted molar refractivity (Wildman–Crippen MR) is 82.6 cm³/mol. The Morgan fingerprint density at radius 1 is 1.25 bits per heavy atom. The summed E-state index contributed by atoms with van der Waals surface area (Å²) in [6, 6.07) is 8.89. The quantitative estimate of drug-likeness (QED) is 0.715. The molecule has 0 radical (unpaired) electrons. The van der Waals surface area contributed by atoms with Crippen LogP contribution in [0.3, 0.4) is 0 Å². The summed E-state index contributed by atoms with van der Waals surface area (Å²) in [5.74, 6) is 0. The van der Waals surface area contributed by atoms with Crippen LogP contribution >= 0.6 is 11.8 Å². The fourth-order valence-corrected chi connectivity index (χ4v) is 3.22. The van der Waals surface area contributed by atoms with E-state index in [4.69, 9.17) is 0 Å². The SMILES string of the molecule is CNCc1cc(S(=O)(=O)Nc2ccc(SC)cc2)c[nH]1. The van der Waals surface area contributed by atoms with Crippen molar-refractivity contribution >= 4 is 27.5 Å². The average Bonchev–Trinajstić information content (AvgIpc) is 2.89. The van der Waals surface area contributed by atoms with Crippen molar-refractivity contribution in [3.63, 3.8) is 0 Å². The molecule has 3 N–H and O–H groups in total. The van der Waals surface area contributed by atoms with Crippen LogP contribution < -0.4 is 10.0 Å². The highest BCUT2D eigenvalue weighted by Gasteiger charge is 2.16. The van der Waals surface area contributed by atoms with Gasteiger partial charge in [0.1, 0.15) is 4.90 Å². The Morgan fingerprint density at radius 3 is 2.55 bits per heavy atom. The van der Waals surface area contributed by atoms with Gasteiger partial charge in [0.2, 0.25) is 0 Å². The van der Waals surface area contributed by atoms with Gasteiger partial charge in [0, 0.05) is 29.0 Å². The minimum absolute atomic E-state index is 0.233. The van der Waals surface area contributed by atoms with Crippen LogP contribution in [0.15, 0.2) is 46.3 Å². The second-order valence-electron chi connectivity index (χ2n) is 4.22. The van der Waals surface area contributed by atoms with Crippen molar-refractivity contribution < 1.29 is 8.42 Å². The van der Waals surface area contributed by atoms with Crippen LogP contribution in [0, 0.1) is 0 Å². The molecule has 2 aromatic rings. The van der Waals surface area contributed by atoms with E-state index in [-0.39, 0.29) is 4.90 Å². The van der Waals surface area contributed by atoms with Crippen LogP contribution in [-0.2, 0) is 16.6 Å². The summed E-state index contributed by atoms with van der Waals surface area (Å²) in [6.07, 6.45) is 3.47. The van der Waals surface area contributed by atoms with E-state index >= 15 is 0 Å². The van der Waals surface area contributed by atoms with Gasteiger partial charge in [-0.3, -0.25) is 4.72 Å². The monoisotopic (exact) mass is 311 g/mol. The molecule has 1 heterocycles. The number of hydrogen-bond donors (Lipinski definition) is 3. The third-order valence-electron chi connectivity index (χ3n) is 2.74. The fourth-order valence-electron chi connectivity index (χ4n) is 1.74. The largest absolute Gasteiger partial charge is 0.363 e. The number of anilines is 1. The summed E-state index contributed by atoms with van der Waals surface area (Å²) in [7, 11) is -1.74. The molecule has 7 heteroatoms. The number of aromatic amines is 1. The standard InChI is InChI=1S/C13H17N3O2S2/c1-14-8-11-7-13(9-15-11)20(17,18)16-10-3-5-12(19-2)6-4-10/h3-7,9,14-16H,8H2,1-2H3. The molecule has 0 spiro atoms. The number of benzene rings is 1. The van der Waals surface area contributed by atoms with Crippen molar-refractivity contribution in [1.82, 2.24) is 10.3 Å². The predicted octanol–water partition coefficient (Wildman–Crippen LogP) is 2.26. The van der Waals surface area contributed by atoms with E-state index in [2.05, 4.69) is 15.0 Å². The molecule has 5 nitrogen and oxygen atoms in total. The number of hydrogen-bond acceptors (Lipinski definition) is 4. The molecule has 0 atom stereocenters. The molecule has 0 aliphatic carbocycles. The van der Waals surface area contributed by atoms with Gasteiger partial charge in [-0.05, 0) is 43.6 Å². The van der Waals surface area contributed by atoms with Crippen LogP contribution in [0.4, 0.5) is 5.69 Å². The minimum atomic E-state index is -3.55. The van der Waals surface area contributed by atoms with Crippen LogP contribution in [-0.4, -0.2) is 26.7 Å². The van der Waals surface area contributed by atoms with Crippen LogP contribution in [0.2, 0.25) is 0 Å². The summed E-state index contributed by atoms with van der Waals surface area (Å²) in [5.41, 5.74) is 1.38. The van der Waals surface area contributed by atoms with Crippen molar-refractivity contribution in [3.05, 3.63) is 42.2 Å². The van der Waals surface area contributed by atoms with Gasteiger partial charge in [-0.15, -0.1) is 11.8 Å². The zero-order valence-corrected chi connectivity index (χ0v) is 12.9. The zero-order chi connectivity index (χ0) is 14.6. The van der Waals surface area contributed by atoms with Gasteiger partial charge in [-0.1, -0.05) is 0 Å². The highest BCUT2D eigenvalue weighted by molar-refractivity contribution is 7.98. The maximum atomic E-state index is 12.2. The molecule has 0 saturated heterocycles. The number of H-pyrrole nitrogens is 1. The zero-order valence-electron chi connectivity index (χ0n) is 11.3. The minimum Gasteiger partial charge on any atom is -0.363 e. The van der Waals surface area contributed by atoms with E-state index < -0.39 is 10.0 Å². The van der Waals surface area contributed by atoms with Crippen molar-refractivity contribution in [3.8, 4) is 0 Å². The molecule has 1 aromatic heterocycles. The molecule has 0 fully saturated rings. The summed E-state index contributed by atoms with van der Waals surface area (Å²) in [5, 5.41) is 2.96. The Labute approximate surface area is 123 Å². The van der Waals surface area contributed by atoms with Gasteiger partial charge >= 0.3 is 0 Å². The van der Waals surface area contributed by atoms with Gasteiger partial charge in [0.25, 0.3) is 10.0 Å². The normalized spacial score (nSPS) is 11.5. The molecule has 0 saturated carbocycles. The Hall–Kier alpha value is -1.44. The summed E-state index contributed by atoms with van der Waals surface area (Å²) in [6.45, 7) is 0.595. The Balaban J connectivity index is 2.16. The lowest BCUT2D eigenvalue weighted by Crippen LogP contribution is -2.12. The molecule has 0 unspecified atom stereocenters. The summed E-state index contributed by atoms with van der Waals surface area (Å²) >= 11 is 1.61. The molecule has 2 rings (SSSR count). The third kappa shape index (κ3) is 3.56. The number of aromatic nitrogens is 1. The van der Waals surface area contributed by atoms with E-state index in [0.29, 0.717) is 12.2 Å². The molecule has 108 valence electrons. The first-order valence-electron chi connectivity index (χ1n) is 6.04. The van der Waals surface area contributed by atoms with E-state index in [9.17, 15) is 8.42 Å². The van der Waals surface area contributed by atoms with Crippen LogP contribution in [0.1, 0.15) is 5.69 Å². The second-order valence-corrected chi connectivity index (χ2v) is 6.79. The topological polar surface area (TPSA) is 74.0 Å². The lowest BCUT2D eigenvalue weighted by atomic mass is 10.3. The summed E-state index contributed by atoms with van der Waals surface area (Å²) in [4.78, 5) is 4.25. The molecule has 0 bridgehead atoms. The first kappa shape index (κ1) is 15.0. The number of rotatable bonds is 6. The first-order chi connectivity index (χ1) is 9.55. The van der Waals surface area contributed by atoms with Gasteiger partial charge < -0.3 is 10.3 Å². The fraction of sp³-hybridized carbons (Fsp3) is 0.231. The van der Waals surface area contributed by atoms with Crippen LogP contribution in [0.5, 0.6) is 0 Å². The molecule has 0 aliphatic heterocycles. The van der Waals surface area contributed by atoms with Crippen molar-refractivity contribution in [2.75, 3.05) is 18.0 Å². The molecule has 0 amide bonds. The number of thioether (sulfide) groups is 1. The lowest BCUT2D eigenvalue weighted by molar-refractivity contribution is 0.601. The Kier molecular flexibility index (Phi) is 4.74. The van der Waals surface area contributed by atoms with Crippen molar-refractivity contribution in [2.45, 2.75) is 16.3 Å². The third-order valence-corrected chi connectivity index (χ3v) is 4.84. The van der Waals surface area contributed by atoms with Gasteiger partial charge in [0.15, 0.2) is 0 Å². The lowest BCUT2D eigenvalue weighted by Gasteiger charge is -2.06. The van der Waals surface area contributed by atoms with E-state index in [1.54, 1.807) is 37.0 Å². The highest BCUT2D eigenvalue weighted by atomic mass is 32.2.